The lowest BCUT2D eigenvalue weighted by Gasteiger charge is -2.10. The lowest BCUT2D eigenvalue weighted by Crippen LogP contribution is -2.14. The van der Waals surface area contributed by atoms with E-state index in [2.05, 4.69) is 5.32 Å². The molecule has 0 unspecified atom stereocenters. The number of hydrogen-bond donors (Lipinski definition) is 1. The SMILES string of the molecule is COc1ccc(/C=C(/C#N)C(=O)Nc2cccc(C(F)(F)F)c2)c2ccccc12. The second-order valence-corrected chi connectivity index (χ2v) is 6.11. The highest BCUT2D eigenvalue weighted by atomic mass is 19.4. The molecule has 0 spiro atoms. The molecule has 0 saturated heterocycles. The van der Waals surface area contributed by atoms with E-state index in [1.165, 1.54) is 18.2 Å². The first kappa shape index (κ1) is 20.0. The zero-order valence-corrected chi connectivity index (χ0v) is 15.2. The number of benzene rings is 3. The summed E-state index contributed by atoms with van der Waals surface area (Å²) in [6.45, 7) is 0. The Labute approximate surface area is 164 Å². The van der Waals surface area contributed by atoms with Crippen LogP contribution in [0.4, 0.5) is 18.9 Å². The van der Waals surface area contributed by atoms with Crippen LogP contribution in [0.3, 0.4) is 0 Å². The number of amides is 1. The molecule has 29 heavy (non-hydrogen) atoms. The van der Waals surface area contributed by atoms with Gasteiger partial charge in [-0.05, 0) is 41.3 Å². The Morgan fingerprint density at radius 3 is 2.45 bits per heavy atom. The minimum absolute atomic E-state index is 0.0504. The molecule has 3 aromatic rings. The molecule has 0 aliphatic rings. The molecule has 1 N–H and O–H groups in total. The maximum atomic E-state index is 12.8. The van der Waals surface area contributed by atoms with E-state index >= 15 is 0 Å². The predicted octanol–water partition coefficient (Wildman–Crippen LogP) is 5.41. The molecular weight excluding hydrogens is 381 g/mol. The van der Waals surface area contributed by atoms with E-state index in [-0.39, 0.29) is 11.3 Å². The lowest BCUT2D eigenvalue weighted by molar-refractivity contribution is -0.137. The molecule has 146 valence electrons. The first-order valence-corrected chi connectivity index (χ1v) is 8.49. The number of carbonyl (C=O) groups is 1. The summed E-state index contributed by atoms with van der Waals surface area (Å²) in [6, 6.07) is 16.8. The van der Waals surface area contributed by atoms with Gasteiger partial charge in [-0.3, -0.25) is 4.79 Å². The van der Waals surface area contributed by atoms with Crippen LogP contribution in [0.25, 0.3) is 16.8 Å². The van der Waals surface area contributed by atoms with Crippen molar-refractivity contribution in [2.24, 2.45) is 0 Å². The predicted molar refractivity (Wildman–Crippen MR) is 104 cm³/mol. The van der Waals surface area contributed by atoms with Gasteiger partial charge in [-0.25, -0.2) is 0 Å². The van der Waals surface area contributed by atoms with Crippen molar-refractivity contribution < 1.29 is 22.7 Å². The number of alkyl halides is 3. The molecular formula is C22H15F3N2O2. The van der Waals surface area contributed by atoms with E-state index in [4.69, 9.17) is 4.74 Å². The first-order chi connectivity index (χ1) is 13.8. The van der Waals surface area contributed by atoms with Gasteiger partial charge in [0.1, 0.15) is 17.4 Å². The molecule has 0 heterocycles. The van der Waals surface area contributed by atoms with Gasteiger partial charge < -0.3 is 10.1 Å². The Balaban J connectivity index is 1.95. The van der Waals surface area contributed by atoms with Gasteiger partial charge in [0.25, 0.3) is 5.91 Å². The molecule has 0 bridgehead atoms. The summed E-state index contributed by atoms with van der Waals surface area (Å²) in [5.74, 6) is -0.156. The second-order valence-electron chi connectivity index (χ2n) is 6.11. The Morgan fingerprint density at radius 1 is 1.07 bits per heavy atom. The molecule has 0 radical (unpaired) electrons. The van der Waals surface area contributed by atoms with Gasteiger partial charge in [-0.1, -0.05) is 36.4 Å². The highest BCUT2D eigenvalue weighted by molar-refractivity contribution is 6.11. The third-order valence-corrected chi connectivity index (χ3v) is 4.25. The molecule has 3 aromatic carbocycles. The van der Waals surface area contributed by atoms with Gasteiger partial charge >= 0.3 is 6.18 Å². The minimum Gasteiger partial charge on any atom is -0.496 e. The van der Waals surface area contributed by atoms with Crippen molar-refractivity contribution in [2.45, 2.75) is 6.18 Å². The summed E-state index contributed by atoms with van der Waals surface area (Å²) < 4.78 is 43.8. The van der Waals surface area contributed by atoms with Crippen LogP contribution in [-0.4, -0.2) is 13.0 Å². The van der Waals surface area contributed by atoms with Crippen molar-refractivity contribution in [3.8, 4) is 11.8 Å². The van der Waals surface area contributed by atoms with Crippen molar-refractivity contribution in [1.82, 2.24) is 0 Å². The van der Waals surface area contributed by atoms with E-state index in [9.17, 15) is 23.2 Å². The summed E-state index contributed by atoms with van der Waals surface area (Å²) >= 11 is 0. The molecule has 0 aromatic heterocycles. The number of nitrogens with zero attached hydrogens (tertiary/aromatic N) is 1. The Kier molecular flexibility index (Phi) is 5.55. The normalized spacial score (nSPS) is 11.8. The quantitative estimate of drug-likeness (QED) is 0.474. The number of ether oxygens (including phenoxy) is 1. The molecule has 0 aliphatic heterocycles. The molecule has 0 aliphatic carbocycles. The van der Waals surface area contributed by atoms with E-state index in [0.717, 1.165) is 22.9 Å². The van der Waals surface area contributed by atoms with Crippen LogP contribution in [0.1, 0.15) is 11.1 Å². The molecule has 1 amide bonds. The summed E-state index contributed by atoms with van der Waals surface area (Å²) in [5, 5.41) is 13.3. The Bertz CT molecular complexity index is 1140. The van der Waals surface area contributed by atoms with Crippen LogP contribution in [0.15, 0.2) is 66.2 Å². The molecule has 4 nitrogen and oxygen atoms in total. The van der Waals surface area contributed by atoms with Gasteiger partial charge in [-0.2, -0.15) is 18.4 Å². The maximum Gasteiger partial charge on any atom is 0.416 e. The number of carbonyl (C=O) groups excluding carboxylic acids is 1. The molecule has 0 atom stereocenters. The second kappa shape index (κ2) is 8.07. The van der Waals surface area contributed by atoms with Crippen LogP contribution < -0.4 is 10.1 Å². The fraction of sp³-hybridized carbons (Fsp3) is 0.0909. The average Bonchev–Trinajstić information content (AvgIpc) is 2.71. The van der Waals surface area contributed by atoms with Gasteiger partial charge in [0.15, 0.2) is 0 Å². The fourth-order valence-corrected chi connectivity index (χ4v) is 2.87. The number of nitrogens with one attached hydrogen (secondary N) is 1. The van der Waals surface area contributed by atoms with Crippen LogP contribution >= 0.6 is 0 Å². The van der Waals surface area contributed by atoms with E-state index in [0.29, 0.717) is 11.3 Å². The number of nitriles is 1. The number of rotatable bonds is 4. The smallest absolute Gasteiger partial charge is 0.416 e. The number of halogens is 3. The topological polar surface area (TPSA) is 62.1 Å². The van der Waals surface area contributed by atoms with Crippen molar-refractivity contribution >= 4 is 28.4 Å². The van der Waals surface area contributed by atoms with Gasteiger partial charge in [0, 0.05) is 11.1 Å². The molecule has 0 fully saturated rings. The van der Waals surface area contributed by atoms with Crippen molar-refractivity contribution in [3.63, 3.8) is 0 Å². The van der Waals surface area contributed by atoms with Gasteiger partial charge in [0.05, 0.1) is 12.7 Å². The van der Waals surface area contributed by atoms with Crippen molar-refractivity contribution in [3.05, 3.63) is 77.4 Å². The number of methoxy groups -OCH3 is 1. The largest absolute Gasteiger partial charge is 0.496 e. The van der Waals surface area contributed by atoms with Crippen molar-refractivity contribution in [1.29, 1.82) is 5.26 Å². The molecule has 3 rings (SSSR count). The number of hydrogen-bond acceptors (Lipinski definition) is 3. The van der Waals surface area contributed by atoms with E-state index < -0.39 is 17.6 Å². The highest BCUT2D eigenvalue weighted by Gasteiger charge is 2.30. The van der Waals surface area contributed by atoms with Crippen molar-refractivity contribution in [2.75, 3.05) is 12.4 Å². The van der Waals surface area contributed by atoms with Gasteiger partial charge in [0.2, 0.25) is 0 Å². The standard InChI is InChI=1S/C22H15F3N2O2/c1-29-20-10-9-14(18-7-2-3-8-19(18)20)11-15(13-26)21(28)27-17-6-4-5-16(12-17)22(23,24)25/h2-12H,1H3,(H,27,28)/b15-11-. The lowest BCUT2D eigenvalue weighted by atomic mass is 10.0. The number of fused-ring (bicyclic) bond motifs is 1. The summed E-state index contributed by atoms with van der Waals surface area (Å²) in [6.07, 6.45) is -3.14. The van der Waals surface area contributed by atoms with Gasteiger partial charge in [-0.15, -0.1) is 0 Å². The monoisotopic (exact) mass is 396 g/mol. The summed E-state index contributed by atoms with van der Waals surface area (Å²) in [4.78, 5) is 12.5. The summed E-state index contributed by atoms with van der Waals surface area (Å²) in [7, 11) is 1.54. The Hall–Kier alpha value is -3.79. The third-order valence-electron chi connectivity index (χ3n) is 4.25. The van der Waals surface area contributed by atoms with Crippen LogP contribution in [0.2, 0.25) is 0 Å². The zero-order chi connectivity index (χ0) is 21.0. The molecule has 0 saturated carbocycles. The van der Waals surface area contributed by atoms with Crippen LogP contribution in [-0.2, 0) is 11.0 Å². The third kappa shape index (κ3) is 4.38. The fourth-order valence-electron chi connectivity index (χ4n) is 2.87. The Morgan fingerprint density at radius 2 is 1.79 bits per heavy atom. The van der Waals surface area contributed by atoms with Crippen LogP contribution in [0.5, 0.6) is 5.75 Å². The van der Waals surface area contributed by atoms with E-state index in [1.54, 1.807) is 25.3 Å². The maximum absolute atomic E-state index is 12.8. The minimum atomic E-state index is -4.53. The first-order valence-electron chi connectivity index (χ1n) is 8.49. The number of anilines is 1. The van der Waals surface area contributed by atoms with Crippen LogP contribution in [0, 0.1) is 11.3 Å². The highest BCUT2D eigenvalue weighted by Crippen LogP contribution is 2.31. The summed E-state index contributed by atoms with van der Waals surface area (Å²) in [5.41, 5.74) is -0.570. The van der Waals surface area contributed by atoms with E-state index in [1.807, 2.05) is 24.3 Å². The molecule has 7 heteroatoms. The average molecular weight is 396 g/mol. The zero-order valence-electron chi connectivity index (χ0n) is 15.2.